The molecule has 0 atom stereocenters. The van der Waals surface area contributed by atoms with E-state index in [4.69, 9.17) is 4.74 Å². The number of hydrogen-bond acceptors (Lipinski definition) is 8. The molecule has 3 aromatic rings. The van der Waals surface area contributed by atoms with Gasteiger partial charge in [0.15, 0.2) is 6.73 Å². The van der Waals surface area contributed by atoms with Crippen molar-refractivity contribution in [2.75, 3.05) is 5.43 Å². The zero-order valence-electron chi connectivity index (χ0n) is 13.2. The van der Waals surface area contributed by atoms with Gasteiger partial charge in [-0.15, -0.1) is 11.3 Å². The molecule has 1 aromatic carbocycles. The summed E-state index contributed by atoms with van der Waals surface area (Å²) in [5, 5.41) is 21.3. The smallest absolute Gasteiger partial charge is 0.307 e. The summed E-state index contributed by atoms with van der Waals surface area (Å²) in [4.78, 5) is 14.4. The number of nitro groups is 1. The summed E-state index contributed by atoms with van der Waals surface area (Å²) in [6, 6.07) is 7.32. The SMILES string of the molecule is Cc1csc(NN=Cc2ccccc2OCn2cc([N+](=O)[O-])cn2)n1. The normalized spacial score (nSPS) is 10.9. The summed E-state index contributed by atoms with van der Waals surface area (Å²) < 4.78 is 7.02. The summed E-state index contributed by atoms with van der Waals surface area (Å²) in [5.74, 6) is 0.585. The number of nitrogens with one attached hydrogen (secondary N) is 1. The molecule has 0 spiro atoms. The van der Waals surface area contributed by atoms with Crippen LogP contribution < -0.4 is 10.2 Å². The average Bonchev–Trinajstić information content (AvgIpc) is 3.23. The summed E-state index contributed by atoms with van der Waals surface area (Å²) in [7, 11) is 0. The van der Waals surface area contributed by atoms with Gasteiger partial charge in [0.05, 0.1) is 16.8 Å². The zero-order valence-corrected chi connectivity index (χ0v) is 14.0. The molecule has 0 aliphatic carbocycles. The van der Waals surface area contributed by atoms with Crippen LogP contribution in [0.2, 0.25) is 0 Å². The number of rotatable bonds is 7. The van der Waals surface area contributed by atoms with E-state index < -0.39 is 4.92 Å². The number of ether oxygens (including phenoxy) is 1. The lowest BCUT2D eigenvalue weighted by molar-refractivity contribution is -0.385. The monoisotopic (exact) mass is 358 g/mol. The van der Waals surface area contributed by atoms with Gasteiger partial charge in [-0.05, 0) is 19.1 Å². The van der Waals surface area contributed by atoms with E-state index in [2.05, 4.69) is 20.6 Å². The molecule has 25 heavy (non-hydrogen) atoms. The van der Waals surface area contributed by atoms with E-state index in [0.29, 0.717) is 10.9 Å². The minimum Gasteiger partial charge on any atom is -0.471 e. The lowest BCUT2D eigenvalue weighted by atomic mass is 10.2. The Morgan fingerprint density at radius 3 is 3.04 bits per heavy atom. The highest BCUT2D eigenvalue weighted by atomic mass is 32.1. The maximum atomic E-state index is 10.7. The number of anilines is 1. The Morgan fingerprint density at radius 1 is 1.48 bits per heavy atom. The Hall–Kier alpha value is -3.27. The van der Waals surface area contributed by atoms with E-state index in [1.807, 2.05) is 30.5 Å². The van der Waals surface area contributed by atoms with Gasteiger partial charge in [-0.3, -0.25) is 15.5 Å². The predicted octanol–water partition coefficient (Wildman–Crippen LogP) is 3.04. The Labute approximate surface area is 146 Å². The molecule has 0 aliphatic rings. The summed E-state index contributed by atoms with van der Waals surface area (Å²) in [6.45, 7) is 1.96. The first kappa shape index (κ1) is 16.6. The van der Waals surface area contributed by atoms with Crippen LogP contribution in [-0.4, -0.2) is 25.9 Å². The number of benzene rings is 1. The van der Waals surface area contributed by atoms with Crippen LogP contribution in [0.15, 0.2) is 47.1 Å². The average molecular weight is 358 g/mol. The van der Waals surface area contributed by atoms with Gasteiger partial charge in [0, 0.05) is 10.9 Å². The molecule has 9 nitrogen and oxygen atoms in total. The van der Waals surface area contributed by atoms with E-state index in [9.17, 15) is 10.1 Å². The number of hydrazone groups is 1. The maximum absolute atomic E-state index is 10.7. The molecule has 1 N–H and O–H groups in total. The molecular formula is C15H14N6O3S. The molecule has 0 radical (unpaired) electrons. The lowest BCUT2D eigenvalue weighted by Crippen LogP contribution is -2.06. The third-order valence-corrected chi connectivity index (χ3v) is 3.95. The van der Waals surface area contributed by atoms with Crippen LogP contribution in [0.5, 0.6) is 5.75 Å². The van der Waals surface area contributed by atoms with E-state index in [1.54, 1.807) is 12.3 Å². The Kier molecular flexibility index (Phi) is 5.00. The quantitative estimate of drug-likeness (QED) is 0.395. The third-order valence-electron chi connectivity index (χ3n) is 3.08. The number of aryl methyl sites for hydroxylation is 1. The second kappa shape index (κ2) is 7.53. The van der Waals surface area contributed by atoms with Gasteiger partial charge < -0.3 is 4.74 Å². The largest absolute Gasteiger partial charge is 0.471 e. The van der Waals surface area contributed by atoms with Crippen LogP contribution in [0, 0.1) is 17.0 Å². The number of thiazole rings is 1. The molecule has 0 aliphatic heterocycles. The molecule has 128 valence electrons. The molecule has 2 aromatic heterocycles. The second-order valence-electron chi connectivity index (χ2n) is 4.97. The summed E-state index contributed by atoms with van der Waals surface area (Å²) >= 11 is 1.47. The molecule has 0 saturated heterocycles. The highest BCUT2D eigenvalue weighted by Crippen LogP contribution is 2.18. The molecular weight excluding hydrogens is 344 g/mol. The van der Waals surface area contributed by atoms with Crippen molar-refractivity contribution in [3.63, 3.8) is 0 Å². The van der Waals surface area contributed by atoms with E-state index in [0.717, 1.165) is 11.3 Å². The van der Waals surface area contributed by atoms with Gasteiger partial charge in [0.1, 0.15) is 18.1 Å². The van der Waals surface area contributed by atoms with Crippen LogP contribution in [0.4, 0.5) is 10.8 Å². The van der Waals surface area contributed by atoms with Crippen molar-refractivity contribution in [2.45, 2.75) is 13.7 Å². The van der Waals surface area contributed by atoms with Crippen molar-refractivity contribution in [2.24, 2.45) is 5.10 Å². The van der Waals surface area contributed by atoms with Gasteiger partial charge in [-0.25, -0.2) is 9.67 Å². The molecule has 10 heteroatoms. The van der Waals surface area contributed by atoms with Crippen molar-refractivity contribution in [1.29, 1.82) is 0 Å². The Bertz CT molecular complexity index is 904. The fourth-order valence-corrected chi connectivity index (χ4v) is 2.57. The maximum Gasteiger partial charge on any atom is 0.307 e. The van der Waals surface area contributed by atoms with Crippen molar-refractivity contribution >= 4 is 28.4 Å². The van der Waals surface area contributed by atoms with Gasteiger partial charge >= 0.3 is 5.69 Å². The van der Waals surface area contributed by atoms with Gasteiger partial charge in [0.25, 0.3) is 0 Å². The molecule has 0 fully saturated rings. The standard InChI is InChI=1S/C15H14N6O3S/c1-11-9-25-15(18-11)19-16-6-12-4-2-3-5-14(12)24-10-20-8-13(7-17-20)21(22)23/h2-9H,10H2,1H3,(H,18,19). The van der Waals surface area contributed by atoms with Gasteiger partial charge in [0.2, 0.25) is 5.13 Å². The minimum atomic E-state index is -0.504. The van der Waals surface area contributed by atoms with Crippen LogP contribution >= 0.6 is 11.3 Å². The zero-order chi connectivity index (χ0) is 17.6. The Balaban J connectivity index is 1.64. The highest BCUT2D eigenvalue weighted by molar-refractivity contribution is 7.13. The predicted molar refractivity (Wildman–Crippen MR) is 94.0 cm³/mol. The van der Waals surface area contributed by atoms with Gasteiger partial charge in [-0.1, -0.05) is 12.1 Å². The summed E-state index contributed by atoms with van der Waals surface area (Å²) in [6.07, 6.45) is 4.11. The fourth-order valence-electron chi connectivity index (χ4n) is 1.93. The topological polar surface area (TPSA) is 107 Å². The second-order valence-corrected chi connectivity index (χ2v) is 5.83. The highest BCUT2D eigenvalue weighted by Gasteiger charge is 2.09. The molecule has 3 rings (SSSR count). The number of aromatic nitrogens is 3. The minimum absolute atomic E-state index is 0.0534. The molecule has 0 saturated carbocycles. The first-order valence-corrected chi connectivity index (χ1v) is 8.09. The number of para-hydroxylation sites is 1. The molecule has 2 heterocycles. The first-order chi connectivity index (χ1) is 12.1. The third kappa shape index (κ3) is 4.38. The van der Waals surface area contributed by atoms with Crippen LogP contribution in [0.3, 0.4) is 0 Å². The van der Waals surface area contributed by atoms with Crippen LogP contribution in [0.25, 0.3) is 0 Å². The van der Waals surface area contributed by atoms with Crippen molar-refractivity contribution in [1.82, 2.24) is 14.8 Å². The van der Waals surface area contributed by atoms with E-state index in [-0.39, 0.29) is 12.4 Å². The first-order valence-electron chi connectivity index (χ1n) is 7.22. The fraction of sp³-hybridized carbons (Fsp3) is 0.133. The van der Waals surface area contributed by atoms with Crippen LogP contribution in [0.1, 0.15) is 11.3 Å². The number of nitrogens with zero attached hydrogens (tertiary/aromatic N) is 5. The van der Waals surface area contributed by atoms with Gasteiger partial charge in [-0.2, -0.15) is 10.2 Å². The molecule has 0 amide bonds. The Morgan fingerprint density at radius 2 is 2.32 bits per heavy atom. The lowest BCUT2D eigenvalue weighted by Gasteiger charge is -2.08. The van der Waals surface area contributed by atoms with Crippen molar-refractivity contribution in [3.05, 3.63) is 63.4 Å². The van der Waals surface area contributed by atoms with E-state index >= 15 is 0 Å². The van der Waals surface area contributed by atoms with Crippen molar-refractivity contribution in [3.8, 4) is 5.75 Å². The summed E-state index contributed by atoms with van der Waals surface area (Å²) in [5.41, 5.74) is 4.46. The van der Waals surface area contributed by atoms with E-state index in [1.165, 1.54) is 28.4 Å². The molecule has 0 bridgehead atoms. The van der Waals surface area contributed by atoms with Crippen LogP contribution in [-0.2, 0) is 6.73 Å². The molecule has 0 unspecified atom stereocenters. The number of hydrogen-bond donors (Lipinski definition) is 1. The van der Waals surface area contributed by atoms with Crippen molar-refractivity contribution < 1.29 is 9.66 Å².